The zero-order chi connectivity index (χ0) is 11.3. The molecule has 0 aliphatic rings. The van der Waals surface area contributed by atoms with Crippen LogP contribution in [0.2, 0.25) is 0 Å². The molecule has 0 unspecified atom stereocenters. The lowest BCUT2D eigenvalue weighted by molar-refractivity contribution is 0.0997. The third kappa shape index (κ3) is 3.47. The second-order valence-electron chi connectivity index (χ2n) is 3.32. The highest BCUT2D eigenvalue weighted by Crippen LogP contribution is 2.25. The predicted octanol–water partition coefficient (Wildman–Crippen LogP) is 2.26. The van der Waals surface area contributed by atoms with Crippen molar-refractivity contribution in [2.24, 2.45) is 5.73 Å². The number of primary amides is 1. The maximum absolute atomic E-state index is 11.1. The first-order valence-corrected chi connectivity index (χ1v) is 5.96. The summed E-state index contributed by atoms with van der Waals surface area (Å²) in [6.45, 7) is 2.13. The topological polar surface area (TPSA) is 69.1 Å². The molecule has 0 fully saturated rings. The molecule has 15 heavy (non-hydrogen) atoms. The first-order chi connectivity index (χ1) is 7.15. The molecule has 0 spiro atoms. The van der Waals surface area contributed by atoms with Gasteiger partial charge in [-0.1, -0.05) is 13.3 Å². The van der Waals surface area contributed by atoms with E-state index in [9.17, 15) is 4.79 Å². The minimum atomic E-state index is -0.394. The summed E-state index contributed by atoms with van der Waals surface area (Å²) in [6, 6.07) is 5.19. The SMILES string of the molecule is CCCCSc1cc(N)ccc1C(N)=O. The number of unbranched alkanes of at least 4 members (excludes halogenated alkanes) is 1. The summed E-state index contributed by atoms with van der Waals surface area (Å²) in [6.07, 6.45) is 2.26. The number of nitrogen functional groups attached to an aromatic ring is 1. The van der Waals surface area contributed by atoms with Crippen LogP contribution in [-0.4, -0.2) is 11.7 Å². The van der Waals surface area contributed by atoms with Crippen molar-refractivity contribution in [2.75, 3.05) is 11.5 Å². The molecule has 0 radical (unpaired) electrons. The van der Waals surface area contributed by atoms with Gasteiger partial charge in [-0.3, -0.25) is 4.79 Å². The van der Waals surface area contributed by atoms with E-state index in [0.29, 0.717) is 11.3 Å². The van der Waals surface area contributed by atoms with Gasteiger partial charge in [-0.15, -0.1) is 11.8 Å². The number of anilines is 1. The van der Waals surface area contributed by atoms with Gasteiger partial charge in [0.1, 0.15) is 0 Å². The summed E-state index contributed by atoms with van der Waals surface area (Å²) in [5.41, 5.74) is 12.2. The third-order valence-electron chi connectivity index (χ3n) is 2.03. The number of thioether (sulfide) groups is 1. The zero-order valence-corrected chi connectivity index (χ0v) is 9.64. The van der Waals surface area contributed by atoms with Gasteiger partial charge < -0.3 is 11.5 Å². The summed E-state index contributed by atoms with van der Waals surface area (Å²) < 4.78 is 0. The molecule has 0 saturated heterocycles. The van der Waals surface area contributed by atoms with Crippen molar-refractivity contribution in [3.05, 3.63) is 23.8 Å². The van der Waals surface area contributed by atoms with Gasteiger partial charge in [0.25, 0.3) is 0 Å². The number of hydrogen-bond donors (Lipinski definition) is 2. The largest absolute Gasteiger partial charge is 0.399 e. The number of amides is 1. The summed E-state index contributed by atoms with van der Waals surface area (Å²) in [7, 11) is 0. The molecule has 0 saturated carbocycles. The second kappa shape index (κ2) is 5.66. The van der Waals surface area contributed by atoms with Gasteiger partial charge in [-0.25, -0.2) is 0 Å². The molecular formula is C11H16N2OS. The number of carbonyl (C=O) groups is 1. The number of carbonyl (C=O) groups excluding carboxylic acids is 1. The molecule has 4 N–H and O–H groups in total. The van der Waals surface area contributed by atoms with E-state index in [1.54, 1.807) is 30.0 Å². The Kier molecular flexibility index (Phi) is 4.49. The molecule has 0 atom stereocenters. The monoisotopic (exact) mass is 224 g/mol. The number of hydrogen-bond acceptors (Lipinski definition) is 3. The molecule has 1 aromatic carbocycles. The van der Waals surface area contributed by atoms with Crippen LogP contribution < -0.4 is 11.5 Å². The first kappa shape index (κ1) is 11.9. The molecule has 1 rings (SSSR count). The molecule has 0 aromatic heterocycles. The molecule has 1 amide bonds. The van der Waals surface area contributed by atoms with Crippen molar-refractivity contribution in [1.29, 1.82) is 0 Å². The molecule has 0 heterocycles. The highest BCUT2D eigenvalue weighted by Gasteiger charge is 2.08. The Labute approximate surface area is 94.2 Å². The molecule has 3 nitrogen and oxygen atoms in total. The zero-order valence-electron chi connectivity index (χ0n) is 8.82. The number of rotatable bonds is 5. The summed E-state index contributed by atoms with van der Waals surface area (Å²) >= 11 is 1.63. The van der Waals surface area contributed by atoms with Crippen molar-refractivity contribution in [1.82, 2.24) is 0 Å². The van der Waals surface area contributed by atoms with Gasteiger partial charge in [0, 0.05) is 10.6 Å². The quantitative estimate of drug-likeness (QED) is 0.458. The van der Waals surface area contributed by atoms with E-state index in [2.05, 4.69) is 6.92 Å². The van der Waals surface area contributed by atoms with Crippen molar-refractivity contribution >= 4 is 23.4 Å². The van der Waals surface area contributed by atoms with E-state index in [1.165, 1.54) is 0 Å². The highest BCUT2D eigenvalue weighted by atomic mass is 32.2. The fourth-order valence-electron chi connectivity index (χ4n) is 1.19. The van der Waals surface area contributed by atoms with Gasteiger partial charge in [-0.05, 0) is 30.4 Å². The molecule has 4 heteroatoms. The van der Waals surface area contributed by atoms with Gasteiger partial charge in [0.15, 0.2) is 0 Å². The molecule has 0 aliphatic heterocycles. The van der Waals surface area contributed by atoms with Crippen LogP contribution in [0.1, 0.15) is 30.1 Å². The molecule has 0 aliphatic carbocycles. The van der Waals surface area contributed by atoms with Crippen molar-refractivity contribution < 1.29 is 4.79 Å². The fraction of sp³-hybridized carbons (Fsp3) is 0.364. The predicted molar refractivity (Wildman–Crippen MR) is 65.0 cm³/mol. The minimum absolute atomic E-state index is 0.394. The standard InChI is InChI=1S/C11H16N2OS/c1-2-3-6-15-10-7-8(12)4-5-9(10)11(13)14/h4-5,7H,2-3,6,12H2,1H3,(H2,13,14). The Morgan fingerprint density at radius 2 is 2.20 bits per heavy atom. The van der Waals surface area contributed by atoms with Crippen LogP contribution in [0.3, 0.4) is 0 Å². The van der Waals surface area contributed by atoms with Crippen LogP contribution in [0.15, 0.2) is 23.1 Å². The van der Waals surface area contributed by atoms with Crippen LogP contribution >= 0.6 is 11.8 Å². The second-order valence-corrected chi connectivity index (χ2v) is 4.46. The average molecular weight is 224 g/mol. The Bertz CT molecular complexity index is 352. The average Bonchev–Trinajstić information content (AvgIpc) is 2.18. The lowest BCUT2D eigenvalue weighted by Crippen LogP contribution is -2.12. The Balaban J connectivity index is 2.82. The van der Waals surface area contributed by atoms with E-state index in [-0.39, 0.29) is 0 Å². The van der Waals surface area contributed by atoms with E-state index < -0.39 is 5.91 Å². The van der Waals surface area contributed by atoms with Crippen LogP contribution in [0.25, 0.3) is 0 Å². The normalized spacial score (nSPS) is 10.2. The summed E-state index contributed by atoms with van der Waals surface area (Å²) in [5, 5.41) is 0. The van der Waals surface area contributed by atoms with Crippen molar-refractivity contribution in [2.45, 2.75) is 24.7 Å². The first-order valence-electron chi connectivity index (χ1n) is 4.97. The van der Waals surface area contributed by atoms with Gasteiger partial charge >= 0.3 is 0 Å². The number of nitrogens with two attached hydrogens (primary N) is 2. The Morgan fingerprint density at radius 1 is 1.47 bits per heavy atom. The minimum Gasteiger partial charge on any atom is -0.399 e. The van der Waals surface area contributed by atoms with E-state index >= 15 is 0 Å². The van der Waals surface area contributed by atoms with Gasteiger partial charge in [0.2, 0.25) is 5.91 Å². The van der Waals surface area contributed by atoms with E-state index in [1.807, 2.05) is 0 Å². The lowest BCUT2D eigenvalue weighted by atomic mass is 10.2. The van der Waals surface area contributed by atoms with Crippen LogP contribution in [0.4, 0.5) is 5.69 Å². The maximum Gasteiger partial charge on any atom is 0.249 e. The lowest BCUT2D eigenvalue weighted by Gasteiger charge is -2.06. The van der Waals surface area contributed by atoms with Crippen molar-refractivity contribution in [3.63, 3.8) is 0 Å². The van der Waals surface area contributed by atoms with Crippen LogP contribution in [0, 0.1) is 0 Å². The van der Waals surface area contributed by atoms with Gasteiger partial charge in [0.05, 0.1) is 5.56 Å². The van der Waals surface area contributed by atoms with E-state index in [0.717, 1.165) is 23.5 Å². The summed E-state index contributed by atoms with van der Waals surface area (Å²) in [5.74, 6) is 0.592. The molecular weight excluding hydrogens is 208 g/mol. The molecule has 0 bridgehead atoms. The molecule has 1 aromatic rings. The molecule has 82 valence electrons. The number of benzene rings is 1. The highest BCUT2D eigenvalue weighted by molar-refractivity contribution is 7.99. The van der Waals surface area contributed by atoms with Crippen LogP contribution in [0.5, 0.6) is 0 Å². The Hall–Kier alpha value is -1.16. The summed E-state index contributed by atoms with van der Waals surface area (Å²) in [4.78, 5) is 12.0. The van der Waals surface area contributed by atoms with E-state index in [4.69, 9.17) is 11.5 Å². The smallest absolute Gasteiger partial charge is 0.249 e. The van der Waals surface area contributed by atoms with Crippen molar-refractivity contribution in [3.8, 4) is 0 Å². The third-order valence-corrected chi connectivity index (χ3v) is 3.17. The van der Waals surface area contributed by atoms with Gasteiger partial charge in [-0.2, -0.15) is 0 Å². The Morgan fingerprint density at radius 3 is 2.80 bits per heavy atom. The van der Waals surface area contributed by atoms with Crippen LogP contribution in [-0.2, 0) is 0 Å². The maximum atomic E-state index is 11.1. The fourth-order valence-corrected chi connectivity index (χ4v) is 2.38.